The third kappa shape index (κ3) is 4.52. The van der Waals surface area contributed by atoms with Crippen LogP contribution in [-0.4, -0.2) is 11.9 Å². The summed E-state index contributed by atoms with van der Waals surface area (Å²) in [5.74, 6) is 1.34. The fourth-order valence-electron chi connectivity index (χ4n) is 0.810. The van der Waals surface area contributed by atoms with Gasteiger partial charge in [0.1, 0.15) is 0 Å². The normalized spacial score (nSPS) is 14.0. The molecule has 0 spiro atoms. The molecule has 0 saturated heterocycles. The van der Waals surface area contributed by atoms with Crippen LogP contribution in [0.25, 0.3) is 0 Å². The Balaban J connectivity index is 3.38. The van der Waals surface area contributed by atoms with Gasteiger partial charge in [-0.15, -0.1) is 0 Å². The van der Waals surface area contributed by atoms with Crippen LogP contribution in [0.5, 0.6) is 0 Å². The molecular weight excluding hydrogens is 111 g/mol. The van der Waals surface area contributed by atoms with Crippen molar-refractivity contribution in [3.8, 4) is 0 Å². The highest BCUT2D eigenvalue weighted by Gasteiger charge is 2.11. The van der Waals surface area contributed by atoms with Crippen LogP contribution >= 0.6 is 0 Å². The van der Waals surface area contributed by atoms with Crippen molar-refractivity contribution in [2.45, 2.75) is 33.9 Å². The molecule has 0 aromatic heterocycles. The number of hydrogen-bond donors (Lipinski definition) is 1. The molecule has 2 heteroatoms. The van der Waals surface area contributed by atoms with Gasteiger partial charge in [0.2, 0.25) is 0 Å². The van der Waals surface area contributed by atoms with Gasteiger partial charge in [-0.2, -0.15) is 0 Å². The zero-order valence-electron chi connectivity index (χ0n) is 6.89. The maximum absolute atomic E-state index is 8.97. The molecule has 1 nitrogen and oxygen atoms in total. The molecule has 54 valence electrons. The van der Waals surface area contributed by atoms with Crippen LogP contribution in [-0.2, 0) is 0 Å². The Morgan fingerprint density at radius 2 is 1.78 bits per heavy atom. The smallest absolute Gasteiger partial charge is 0.286 e. The van der Waals surface area contributed by atoms with E-state index in [-0.39, 0.29) is 6.92 Å². The third-order valence-electron chi connectivity index (χ3n) is 1.85. The van der Waals surface area contributed by atoms with Crippen molar-refractivity contribution >= 4 is 6.92 Å². The van der Waals surface area contributed by atoms with E-state index >= 15 is 0 Å². The minimum absolute atomic E-state index is 0.137. The lowest BCUT2D eigenvalue weighted by Crippen LogP contribution is -2.14. The summed E-state index contributed by atoms with van der Waals surface area (Å²) in [6.07, 6.45) is 0.928. The minimum Gasteiger partial charge on any atom is -0.451 e. The quantitative estimate of drug-likeness (QED) is 0.575. The van der Waals surface area contributed by atoms with Gasteiger partial charge in [0, 0.05) is 0 Å². The van der Waals surface area contributed by atoms with Crippen molar-refractivity contribution < 1.29 is 5.02 Å². The maximum atomic E-state index is 8.97. The van der Waals surface area contributed by atoms with Crippen molar-refractivity contribution in [2.75, 3.05) is 0 Å². The van der Waals surface area contributed by atoms with Crippen molar-refractivity contribution in [3.05, 3.63) is 0 Å². The first-order valence-electron chi connectivity index (χ1n) is 3.72. The summed E-state index contributed by atoms with van der Waals surface area (Å²) in [5.41, 5.74) is 0. The van der Waals surface area contributed by atoms with Gasteiger partial charge in [0.05, 0.1) is 0 Å². The molecule has 1 N–H and O–H groups in total. The molecule has 0 aliphatic rings. The zero-order valence-corrected chi connectivity index (χ0v) is 6.89. The summed E-state index contributed by atoms with van der Waals surface area (Å²) >= 11 is 0. The van der Waals surface area contributed by atoms with E-state index in [4.69, 9.17) is 5.02 Å². The first-order chi connectivity index (χ1) is 4.04. The van der Waals surface area contributed by atoms with Crippen LogP contribution in [0.15, 0.2) is 0 Å². The third-order valence-corrected chi connectivity index (χ3v) is 1.85. The number of rotatable bonds is 3. The molecule has 0 aromatic rings. The van der Waals surface area contributed by atoms with E-state index in [9.17, 15) is 0 Å². The highest BCUT2D eigenvalue weighted by molar-refractivity contribution is 6.48. The fraction of sp³-hybridized carbons (Fsp3) is 1.00. The van der Waals surface area contributed by atoms with Gasteiger partial charge in [0.15, 0.2) is 0 Å². The minimum atomic E-state index is -0.137. The average molecular weight is 128 g/mol. The molecule has 0 aromatic carbocycles. The molecule has 0 radical (unpaired) electrons. The van der Waals surface area contributed by atoms with E-state index < -0.39 is 0 Å². The van der Waals surface area contributed by atoms with Crippen LogP contribution in [0.1, 0.15) is 20.8 Å². The van der Waals surface area contributed by atoms with Crippen molar-refractivity contribution in [1.29, 1.82) is 0 Å². The van der Waals surface area contributed by atoms with E-state index in [0.717, 1.165) is 6.32 Å². The van der Waals surface area contributed by atoms with E-state index in [1.165, 1.54) is 0 Å². The topological polar surface area (TPSA) is 20.2 Å². The highest BCUT2D eigenvalue weighted by Crippen LogP contribution is 2.15. The number of hydrogen-bond acceptors (Lipinski definition) is 1. The molecular formula is C7H17BO. The molecule has 0 heterocycles. The monoisotopic (exact) mass is 128 g/mol. The molecule has 0 aliphatic heterocycles. The molecule has 0 rings (SSSR count). The van der Waals surface area contributed by atoms with Gasteiger partial charge in [0.25, 0.3) is 6.92 Å². The Bertz CT molecular complexity index is 71.3. The van der Waals surface area contributed by atoms with Crippen LogP contribution in [0.2, 0.25) is 13.1 Å². The lowest BCUT2D eigenvalue weighted by molar-refractivity contribution is 0.435. The largest absolute Gasteiger partial charge is 0.451 e. The first-order valence-corrected chi connectivity index (χ1v) is 3.72. The lowest BCUT2D eigenvalue weighted by atomic mass is 9.62. The highest BCUT2D eigenvalue weighted by atomic mass is 16.2. The van der Waals surface area contributed by atoms with E-state index in [2.05, 4.69) is 20.8 Å². The van der Waals surface area contributed by atoms with Crippen LogP contribution in [0.4, 0.5) is 0 Å². The second-order valence-corrected chi connectivity index (χ2v) is 3.31. The summed E-state index contributed by atoms with van der Waals surface area (Å²) in [7, 11) is 0. The Labute approximate surface area is 58.6 Å². The summed E-state index contributed by atoms with van der Waals surface area (Å²) in [5, 5.41) is 8.97. The Morgan fingerprint density at radius 1 is 1.33 bits per heavy atom. The van der Waals surface area contributed by atoms with Crippen LogP contribution < -0.4 is 0 Å². The average Bonchev–Trinajstić information content (AvgIpc) is 1.63. The van der Waals surface area contributed by atoms with Gasteiger partial charge >= 0.3 is 0 Å². The Hall–Kier alpha value is 0.0249. The molecule has 0 bridgehead atoms. The van der Waals surface area contributed by atoms with Gasteiger partial charge in [-0.3, -0.25) is 0 Å². The zero-order chi connectivity index (χ0) is 7.44. The summed E-state index contributed by atoms with van der Waals surface area (Å²) in [6.45, 7) is 8.26. The lowest BCUT2D eigenvalue weighted by Gasteiger charge is -2.14. The van der Waals surface area contributed by atoms with Gasteiger partial charge < -0.3 is 5.02 Å². The molecule has 0 aliphatic carbocycles. The Morgan fingerprint density at radius 3 is 1.89 bits per heavy atom. The fourth-order valence-corrected chi connectivity index (χ4v) is 0.810. The van der Waals surface area contributed by atoms with Crippen LogP contribution in [0.3, 0.4) is 0 Å². The summed E-state index contributed by atoms with van der Waals surface area (Å²) in [6, 6.07) is 0. The second kappa shape index (κ2) is 3.94. The van der Waals surface area contributed by atoms with E-state index in [1.54, 1.807) is 0 Å². The van der Waals surface area contributed by atoms with Crippen molar-refractivity contribution in [1.82, 2.24) is 0 Å². The summed E-state index contributed by atoms with van der Waals surface area (Å²) in [4.78, 5) is 0. The molecule has 1 atom stereocenters. The van der Waals surface area contributed by atoms with E-state index in [1.807, 2.05) is 6.82 Å². The molecule has 0 amide bonds. The SMILES string of the molecule is CB(O)CC(C)C(C)C. The van der Waals surface area contributed by atoms with Gasteiger partial charge in [-0.05, 0) is 18.2 Å². The van der Waals surface area contributed by atoms with Crippen LogP contribution in [0, 0.1) is 11.8 Å². The first kappa shape index (κ1) is 9.02. The molecule has 9 heavy (non-hydrogen) atoms. The Kier molecular flexibility index (Phi) is 3.95. The predicted molar refractivity (Wildman–Crippen MR) is 42.6 cm³/mol. The van der Waals surface area contributed by atoms with Crippen molar-refractivity contribution in [2.24, 2.45) is 11.8 Å². The molecule has 1 unspecified atom stereocenters. The maximum Gasteiger partial charge on any atom is 0.286 e. The van der Waals surface area contributed by atoms with Crippen molar-refractivity contribution in [3.63, 3.8) is 0 Å². The molecule has 0 saturated carbocycles. The summed E-state index contributed by atoms with van der Waals surface area (Å²) < 4.78 is 0. The van der Waals surface area contributed by atoms with E-state index in [0.29, 0.717) is 11.8 Å². The standard InChI is InChI=1S/C7H17BO/c1-6(2)7(3)5-8(4)9/h6-7,9H,5H2,1-4H3. The predicted octanol–water partition coefficient (Wildman–Crippen LogP) is 1.89. The van der Waals surface area contributed by atoms with Gasteiger partial charge in [-0.1, -0.05) is 27.6 Å². The second-order valence-electron chi connectivity index (χ2n) is 3.31. The van der Waals surface area contributed by atoms with Gasteiger partial charge in [-0.25, -0.2) is 0 Å². The molecule has 0 fully saturated rings.